The molecule has 0 bridgehead atoms. The Labute approximate surface area is 127 Å². The van der Waals surface area contributed by atoms with E-state index in [0.29, 0.717) is 12.0 Å². The summed E-state index contributed by atoms with van der Waals surface area (Å²) in [6.07, 6.45) is 2.64. The fraction of sp³-hybridized carbons (Fsp3) is 0.812. The second-order valence-corrected chi connectivity index (χ2v) is 7.78. The van der Waals surface area contributed by atoms with Crippen LogP contribution in [-0.4, -0.2) is 24.1 Å². The lowest BCUT2D eigenvalue weighted by Gasteiger charge is -2.36. The van der Waals surface area contributed by atoms with Crippen molar-refractivity contribution in [1.29, 1.82) is 0 Å². The van der Waals surface area contributed by atoms with Crippen LogP contribution in [0.1, 0.15) is 51.1 Å². The van der Waals surface area contributed by atoms with Gasteiger partial charge in [0, 0.05) is 24.0 Å². The number of piperidine rings is 1. The van der Waals surface area contributed by atoms with Crippen molar-refractivity contribution >= 4 is 16.5 Å². The molecule has 114 valence electrons. The third kappa shape index (κ3) is 3.95. The molecule has 0 aliphatic carbocycles. The average Bonchev–Trinajstić information content (AvgIpc) is 2.73. The Balaban J connectivity index is 2.02. The summed E-state index contributed by atoms with van der Waals surface area (Å²) in [5, 5.41) is 4.76. The monoisotopic (exact) mass is 295 g/mol. The van der Waals surface area contributed by atoms with Crippen LogP contribution >= 0.6 is 11.3 Å². The Kier molecular flexibility index (Phi) is 5.44. The molecule has 0 spiro atoms. The maximum Gasteiger partial charge on any atom is 0.186 e. The van der Waals surface area contributed by atoms with E-state index < -0.39 is 0 Å². The average molecular weight is 295 g/mol. The molecule has 2 unspecified atom stereocenters. The summed E-state index contributed by atoms with van der Waals surface area (Å²) in [6.45, 7) is 14.5. The molecule has 0 amide bonds. The SMILES string of the molecule is Cc1nc(N2CC(C)CCC2C)sc1CNCC(C)C. The molecule has 1 aromatic rings. The first-order valence-electron chi connectivity index (χ1n) is 7.91. The zero-order chi connectivity index (χ0) is 14.7. The van der Waals surface area contributed by atoms with Gasteiger partial charge in [0.2, 0.25) is 0 Å². The number of aromatic nitrogens is 1. The fourth-order valence-corrected chi connectivity index (χ4v) is 3.87. The molecule has 3 nitrogen and oxygen atoms in total. The molecular formula is C16H29N3S. The minimum absolute atomic E-state index is 0.633. The Morgan fingerprint density at radius 1 is 1.35 bits per heavy atom. The maximum atomic E-state index is 4.82. The summed E-state index contributed by atoms with van der Waals surface area (Å²) < 4.78 is 0. The normalized spacial score (nSPS) is 23.6. The Bertz CT molecular complexity index is 427. The number of thiazole rings is 1. The fourth-order valence-electron chi connectivity index (χ4n) is 2.73. The Morgan fingerprint density at radius 3 is 2.80 bits per heavy atom. The lowest BCUT2D eigenvalue weighted by Crippen LogP contribution is -2.41. The topological polar surface area (TPSA) is 28.2 Å². The van der Waals surface area contributed by atoms with Gasteiger partial charge in [-0.1, -0.05) is 20.8 Å². The van der Waals surface area contributed by atoms with Gasteiger partial charge >= 0.3 is 0 Å². The van der Waals surface area contributed by atoms with Crippen molar-refractivity contribution in [3.8, 4) is 0 Å². The molecule has 1 fully saturated rings. The first-order chi connectivity index (χ1) is 9.47. The van der Waals surface area contributed by atoms with Gasteiger partial charge in [-0.25, -0.2) is 4.98 Å². The molecular weight excluding hydrogens is 266 g/mol. The van der Waals surface area contributed by atoms with Crippen molar-refractivity contribution in [1.82, 2.24) is 10.3 Å². The smallest absolute Gasteiger partial charge is 0.186 e. The van der Waals surface area contributed by atoms with Gasteiger partial charge < -0.3 is 10.2 Å². The van der Waals surface area contributed by atoms with E-state index in [1.54, 1.807) is 0 Å². The summed E-state index contributed by atoms with van der Waals surface area (Å²) in [4.78, 5) is 8.73. The number of hydrogen-bond donors (Lipinski definition) is 1. The molecule has 1 N–H and O–H groups in total. The van der Waals surface area contributed by atoms with Gasteiger partial charge in [0.1, 0.15) is 0 Å². The van der Waals surface area contributed by atoms with Gasteiger partial charge in [-0.2, -0.15) is 0 Å². The van der Waals surface area contributed by atoms with Crippen LogP contribution in [0.5, 0.6) is 0 Å². The Morgan fingerprint density at radius 2 is 2.10 bits per heavy atom. The lowest BCUT2D eigenvalue weighted by atomic mass is 9.96. The molecule has 20 heavy (non-hydrogen) atoms. The van der Waals surface area contributed by atoms with E-state index in [1.165, 1.54) is 28.5 Å². The minimum Gasteiger partial charge on any atom is -0.345 e. The molecule has 0 aromatic carbocycles. The highest BCUT2D eigenvalue weighted by Gasteiger charge is 2.25. The molecule has 2 heterocycles. The molecule has 2 atom stereocenters. The van der Waals surface area contributed by atoms with Crippen LogP contribution in [-0.2, 0) is 6.54 Å². The van der Waals surface area contributed by atoms with Crippen molar-refractivity contribution in [2.24, 2.45) is 11.8 Å². The predicted molar refractivity (Wildman–Crippen MR) is 88.6 cm³/mol. The molecule has 1 saturated heterocycles. The molecule has 1 aromatic heterocycles. The van der Waals surface area contributed by atoms with Crippen LogP contribution in [0.3, 0.4) is 0 Å². The van der Waals surface area contributed by atoms with E-state index in [4.69, 9.17) is 4.98 Å². The highest BCUT2D eigenvalue weighted by Crippen LogP contribution is 2.32. The molecule has 1 aliphatic heterocycles. The number of anilines is 1. The van der Waals surface area contributed by atoms with Crippen LogP contribution in [0.25, 0.3) is 0 Å². The summed E-state index contributed by atoms with van der Waals surface area (Å²) >= 11 is 1.88. The number of nitrogens with one attached hydrogen (secondary N) is 1. The second kappa shape index (κ2) is 6.90. The summed E-state index contributed by atoms with van der Waals surface area (Å²) in [6, 6.07) is 0.633. The van der Waals surface area contributed by atoms with Gasteiger partial charge in [-0.3, -0.25) is 0 Å². The quantitative estimate of drug-likeness (QED) is 0.895. The van der Waals surface area contributed by atoms with Crippen LogP contribution < -0.4 is 10.2 Å². The highest BCUT2D eigenvalue weighted by molar-refractivity contribution is 7.15. The number of rotatable bonds is 5. The zero-order valence-electron chi connectivity index (χ0n) is 13.6. The van der Waals surface area contributed by atoms with Crippen molar-refractivity contribution in [2.75, 3.05) is 18.0 Å². The lowest BCUT2D eigenvalue weighted by molar-refractivity contribution is 0.390. The summed E-state index contributed by atoms with van der Waals surface area (Å²) in [5.74, 6) is 1.49. The minimum atomic E-state index is 0.633. The van der Waals surface area contributed by atoms with Gasteiger partial charge in [-0.15, -0.1) is 11.3 Å². The van der Waals surface area contributed by atoms with E-state index >= 15 is 0 Å². The van der Waals surface area contributed by atoms with Crippen LogP contribution in [0, 0.1) is 18.8 Å². The van der Waals surface area contributed by atoms with E-state index in [0.717, 1.165) is 25.6 Å². The predicted octanol–water partition coefficient (Wildman–Crippen LogP) is 3.82. The van der Waals surface area contributed by atoms with Crippen LogP contribution in [0.4, 0.5) is 5.13 Å². The van der Waals surface area contributed by atoms with Gasteiger partial charge in [0.25, 0.3) is 0 Å². The van der Waals surface area contributed by atoms with Crippen LogP contribution in [0.15, 0.2) is 0 Å². The first-order valence-corrected chi connectivity index (χ1v) is 8.72. The third-order valence-corrected chi connectivity index (χ3v) is 5.28. The van der Waals surface area contributed by atoms with Crippen molar-refractivity contribution in [3.05, 3.63) is 10.6 Å². The summed E-state index contributed by atoms with van der Waals surface area (Å²) in [5.41, 5.74) is 1.20. The highest BCUT2D eigenvalue weighted by atomic mass is 32.1. The molecule has 2 rings (SSSR count). The van der Waals surface area contributed by atoms with Crippen molar-refractivity contribution in [3.63, 3.8) is 0 Å². The van der Waals surface area contributed by atoms with E-state index in [2.05, 4.69) is 44.8 Å². The third-order valence-electron chi connectivity index (χ3n) is 4.08. The second-order valence-electron chi connectivity index (χ2n) is 6.71. The molecule has 0 radical (unpaired) electrons. The summed E-state index contributed by atoms with van der Waals surface area (Å²) in [7, 11) is 0. The van der Waals surface area contributed by atoms with Crippen LogP contribution in [0.2, 0.25) is 0 Å². The number of hydrogen-bond acceptors (Lipinski definition) is 4. The van der Waals surface area contributed by atoms with E-state index in [9.17, 15) is 0 Å². The standard InChI is InChI=1S/C16H29N3S/c1-11(2)8-17-9-15-14(5)18-16(20-15)19-10-12(3)6-7-13(19)4/h11-13,17H,6-10H2,1-5H3. The van der Waals surface area contributed by atoms with Gasteiger partial charge in [0.15, 0.2) is 5.13 Å². The van der Waals surface area contributed by atoms with E-state index in [1.807, 2.05) is 11.3 Å². The largest absolute Gasteiger partial charge is 0.345 e. The van der Waals surface area contributed by atoms with Crippen molar-refractivity contribution in [2.45, 2.75) is 60.0 Å². The molecule has 0 saturated carbocycles. The zero-order valence-corrected chi connectivity index (χ0v) is 14.4. The number of aryl methyl sites for hydroxylation is 1. The van der Waals surface area contributed by atoms with Gasteiger partial charge in [0.05, 0.1) is 5.69 Å². The van der Waals surface area contributed by atoms with E-state index in [-0.39, 0.29) is 0 Å². The molecule has 1 aliphatic rings. The van der Waals surface area contributed by atoms with Crippen molar-refractivity contribution < 1.29 is 0 Å². The number of nitrogens with zero attached hydrogens (tertiary/aromatic N) is 2. The molecule has 4 heteroatoms. The first kappa shape index (κ1) is 15.8. The Hall–Kier alpha value is -0.610. The van der Waals surface area contributed by atoms with Gasteiger partial charge in [-0.05, 0) is 45.1 Å². The maximum absolute atomic E-state index is 4.82.